The molecular formula is C21H24FN3O4. The van der Waals surface area contributed by atoms with Crippen LogP contribution in [0.15, 0.2) is 42.5 Å². The summed E-state index contributed by atoms with van der Waals surface area (Å²) >= 11 is 0. The summed E-state index contributed by atoms with van der Waals surface area (Å²) in [4.78, 5) is 25.2. The van der Waals surface area contributed by atoms with Crippen LogP contribution in [0.5, 0.6) is 5.75 Å². The molecule has 0 aromatic heterocycles. The lowest BCUT2D eigenvalue weighted by molar-refractivity contribution is -0.384. The van der Waals surface area contributed by atoms with Gasteiger partial charge in [0, 0.05) is 43.6 Å². The van der Waals surface area contributed by atoms with Crippen LogP contribution in [0.25, 0.3) is 0 Å². The second-order valence-electron chi connectivity index (χ2n) is 7.35. The number of nitrogens with zero attached hydrogens (tertiary/aromatic N) is 2. The number of nitro groups is 1. The summed E-state index contributed by atoms with van der Waals surface area (Å²) in [6.07, 6.45) is 1.33. The van der Waals surface area contributed by atoms with Crippen LogP contribution in [-0.4, -0.2) is 36.1 Å². The molecule has 1 aliphatic rings. The number of amides is 1. The standard InChI is InChI=1S/C21H24FN3O4/c1-14(2)23-21(26)15-3-8-19(20(13-15)25(27)28)24-11-9-18(10-12-24)29-17-6-4-16(22)5-7-17/h3-8,13-14,18H,9-12H2,1-2H3,(H,23,26). The molecule has 1 aliphatic heterocycles. The molecule has 0 spiro atoms. The van der Waals surface area contributed by atoms with Crippen molar-refractivity contribution < 1.29 is 18.8 Å². The average Bonchev–Trinajstić information content (AvgIpc) is 2.69. The third kappa shape index (κ3) is 5.22. The van der Waals surface area contributed by atoms with Gasteiger partial charge in [0.1, 0.15) is 23.4 Å². The molecule has 0 radical (unpaired) electrons. The van der Waals surface area contributed by atoms with Crippen molar-refractivity contribution in [1.82, 2.24) is 5.32 Å². The predicted octanol–water partition coefficient (Wildman–Crippen LogP) is 3.92. The third-order valence-electron chi connectivity index (χ3n) is 4.75. The number of piperidine rings is 1. The molecule has 0 bridgehead atoms. The Kier molecular flexibility index (Phi) is 6.31. The molecule has 1 N–H and O–H groups in total. The van der Waals surface area contributed by atoms with Crippen LogP contribution in [-0.2, 0) is 0 Å². The van der Waals surface area contributed by atoms with Crippen LogP contribution in [0.1, 0.15) is 37.0 Å². The molecule has 0 atom stereocenters. The van der Waals surface area contributed by atoms with Gasteiger partial charge < -0.3 is 15.0 Å². The number of carbonyl (C=O) groups is 1. The monoisotopic (exact) mass is 401 g/mol. The van der Waals surface area contributed by atoms with E-state index in [0.717, 1.165) is 0 Å². The lowest BCUT2D eigenvalue weighted by Gasteiger charge is -2.33. The van der Waals surface area contributed by atoms with E-state index in [2.05, 4.69) is 5.32 Å². The quantitative estimate of drug-likeness (QED) is 0.586. The zero-order valence-electron chi connectivity index (χ0n) is 16.4. The van der Waals surface area contributed by atoms with Crippen molar-refractivity contribution in [2.45, 2.75) is 38.8 Å². The van der Waals surface area contributed by atoms with Gasteiger partial charge in [0.25, 0.3) is 11.6 Å². The maximum absolute atomic E-state index is 13.0. The topological polar surface area (TPSA) is 84.7 Å². The van der Waals surface area contributed by atoms with Gasteiger partial charge in [-0.05, 0) is 50.2 Å². The maximum Gasteiger partial charge on any atom is 0.293 e. The number of benzene rings is 2. The number of hydrogen-bond acceptors (Lipinski definition) is 5. The van der Waals surface area contributed by atoms with Crippen molar-refractivity contribution in [2.75, 3.05) is 18.0 Å². The first-order valence-electron chi connectivity index (χ1n) is 9.60. The first-order valence-corrected chi connectivity index (χ1v) is 9.60. The molecule has 0 aliphatic carbocycles. The maximum atomic E-state index is 13.0. The molecule has 1 saturated heterocycles. The third-order valence-corrected chi connectivity index (χ3v) is 4.75. The van der Waals surface area contributed by atoms with Crippen molar-refractivity contribution in [3.63, 3.8) is 0 Å². The minimum atomic E-state index is -0.456. The summed E-state index contributed by atoms with van der Waals surface area (Å²) in [5.74, 6) is -0.0394. The van der Waals surface area contributed by atoms with Crippen LogP contribution < -0.4 is 15.0 Å². The normalized spacial score (nSPS) is 14.7. The van der Waals surface area contributed by atoms with Crippen LogP contribution in [0.3, 0.4) is 0 Å². The van der Waals surface area contributed by atoms with E-state index in [-0.39, 0.29) is 35.1 Å². The predicted molar refractivity (Wildman–Crippen MR) is 108 cm³/mol. The SMILES string of the molecule is CC(C)NC(=O)c1ccc(N2CCC(Oc3ccc(F)cc3)CC2)c([N+](=O)[O-])c1. The van der Waals surface area contributed by atoms with E-state index in [4.69, 9.17) is 4.74 Å². The smallest absolute Gasteiger partial charge is 0.293 e. The second kappa shape index (κ2) is 8.89. The largest absolute Gasteiger partial charge is 0.490 e. The van der Waals surface area contributed by atoms with Crippen molar-refractivity contribution in [1.29, 1.82) is 0 Å². The highest BCUT2D eigenvalue weighted by Crippen LogP contribution is 2.32. The molecule has 1 amide bonds. The molecule has 0 unspecified atom stereocenters. The Balaban J connectivity index is 1.68. The fraction of sp³-hybridized carbons (Fsp3) is 0.381. The number of nitrogens with one attached hydrogen (secondary N) is 1. The van der Waals surface area contributed by atoms with Crippen molar-refractivity contribution in [3.8, 4) is 5.75 Å². The first-order chi connectivity index (χ1) is 13.8. The number of anilines is 1. The summed E-state index contributed by atoms with van der Waals surface area (Å²) in [6, 6.07) is 10.4. The molecule has 1 heterocycles. The Morgan fingerprint density at radius 1 is 1.21 bits per heavy atom. The zero-order chi connectivity index (χ0) is 21.0. The Morgan fingerprint density at radius 3 is 2.45 bits per heavy atom. The van der Waals surface area contributed by atoms with Crippen LogP contribution in [0, 0.1) is 15.9 Å². The van der Waals surface area contributed by atoms with Gasteiger partial charge in [-0.3, -0.25) is 14.9 Å². The molecule has 8 heteroatoms. The van der Waals surface area contributed by atoms with E-state index in [1.807, 2.05) is 18.7 Å². The van der Waals surface area contributed by atoms with Crippen LogP contribution in [0.4, 0.5) is 15.8 Å². The number of halogens is 1. The lowest BCUT2D eigenvalue weighted by Crippen LogP contribution is -2.38. The van der Waals surface area contributed by atoms with Gasteiger partial charge in [0.2, 0.25) is 0 Å². The molecule has 0 saturated carbocycles. The molecule has 3 rings (SSSR count). The average molecular weight is 401 g/mol. The van der Waals surface area contributed by atoms with Crippen LogP contribution in [0.2, 0.25) is 0 Å². The molecule has 1 fully saturated rings. The number of carbonyl (C=O) groups excluding carboxylic acids is 1. The Morgan fingerprint density at radius 2 is 1.86 bits per heavy atom. The van der Waals surface area contributed by atoms with Gasteiger partial charge in [0.05, 0.1) is 4.92 Å². The minimum Gasteiger partial charge on any atom is -0.490 e. The van der Waals surface area contributed by atoms with Crippen LogP contribution >= 0.6 is 0 Å². The van der Waals surface area contributed by atoms with Gasteiger partial charge in [-0.1, -0.05) is 0 Å². The molecule has 2 aromatic rings. The zero-order valence-corrected chi connectivity index (χ0v) is 16.4. The number of rotatable bonds is 6. The molecular weight excluding hydrogens is 377 g/mol. The van der Waals surface area contributed by atoms with E-state index in [9.17, 15) is 19.3 Å². The first kappa shape index (κ1) is 20.6. The van der Waals surface area contributed by atoms with E-state index in [1.54, 1.807) is 24.3 Å². The number of nitro benzene ring substituents is 1. The van der Waals surface area contributed by atoms with Crippen molar-refractivity contribution >= 4 is 17.3 Å². The fourth-order valence-corrected chi connectivity index (χ4v) is 3.34. The number of ether oxygens (including phenoxy) is 1. The van der Waals surface area contributed by atoms with Gasteiger partial charge in [-0.15, -0.1) is 0 Å². The van der Waals surface area contributed by atoms with Gasteiger partial charge in [0.15, 0.2) is 0 Å². The van der Waals surface area contributed by atoms with E-state index in [1.165, 1.54) is 18.2 Å². The minimum absolute atomic E-state index is 0.0353. The highest BCUT2D eigenvalue weighted by molar-refractivity contribution is 5.96. The Hall–Kier alpha value is -3.16. The highest BCUT2D eigenvalue weighted by Gasteiger charge is 2.27. The molecule has 7 nitrogen and oxygen atoms in total. The van der Waals surface area contributed by atoms with Gasteiger partial charge >= 0.3 is 0 Å². The Bertz CT molecular complexity index is 878. The number of hydrogen-bond donors (Lipinski definition) is 1. The van der Waals surface area contributed by atoms with Crippen molar-refractivity contribution in [3.05, 3.63) is 64.0 Å². The van der Waals surface area contributed by atoms with Gasteiger partial charge in [-0.25, -0.2) is 4.39 Å². The van der Waals surface area contributed by atoms with E-state index >= 15 is 0 Å². The van der Waals surface area contributed by atoms with E-state index in [0.29, 0.717) is 37.4 Å². The second-order valence-corrected chi connectivity index (χ2v) is 7.35. The lowest BCUT2D eigenvalue weighted by atomic mass is 10.0. The van der Waals surface area contributed by atoms with Gasteiger partial charge in [-0.2, -0.15) is 0 Å². The summed E-state index contributed by atoms with van der Waals surface area (Å²) in [7, 11) is 0. The molecule has 154 valence electrons. The fourth-order valence-electron chi connectivity index (χ4n) is 3.34. The molecule has 2 aromatic carbocycles. The summed E-state index contributed by atoms with van der Waals surface area (Å²) < 4.78 is 18.9. The molecule has 29 heavy (non-hydrogen) atoms. The van der Waals surface area contributed by atoms with E-state index < -0.39 is 4.92 Å². The summed E-state index contributed by atoms with van der Waals surface area (Å²) in [6.45, 7) is 4.84. The van der Waals surface area contributed by atoms with Crippen molar-refractivity contribution in [2.24, 2.45) is 0 Å². The Labute approximate surface area is 168 Å². The highest BCUT2D eigenvalue weighted by atomic mass is 19.1. The summed E-state index contributed by atoms with van der Waals surface area (Å²) in [5, 5.41) is 14.3. The summed E-state index contributed by atoms with van der Waals surface area (Å²) in [5.41, 5.74) is 0.680.